The third-order valence-electron chi connectivity index (χ3n) is 2.08. The van der Waals surface area contributed by atoms with Crippen LogP contribution in [-0.2, 0) is 5.67 Å². The number of nitrogens with two attached hydrogens (primary N) is 1. The summed E-state index contributed by atoms with van der Waals surface area (Å²) in [5.41, 5.74) is 4.15. The quantitative estimate of drug-likeness (QED) is 0.756. The maximum atomic E-state index is 13.8. The van der Waals surface area contributed by atoms with Crippen molar-refractivity contribution in [3.05, 3.63) is 21.9 Å². The molecule has 0 aliphatic heterocycles. The molecule has 1 rings (SSSR count). The number of hydrogen-bond acceptors (Lipinski definition) is 2. The van der Waals surface area contributed by atoms with Crippen LogP contribution in [0.3, 0.4) is 0 Å². The lowest BCUT2D eigenvalue weighted by atomic mass is 9.99. The van der Waals surface area contributed by atoms with Gasteiger partial charge in [-0.1, -0.05) is 0 Å². The molecular formula is C9H14FNS. The monoisotopic (exact) mass is 187 g/mol. The topological polar surface area (TPSA) is 26.0 Å². The molecule has 0 bridgehead atoms. The van der Waals surface area contributed by atoms with Crippen molar-refractivity contribution < 1.29 is 4.39 Å². The highest BCUT2D eigenvalue weighted by molar-refractivity contribution is 7.12. The zero-order chi connectivity index (χ0) is 9.35. The molecule has 0 saturated carbocycles. The fourth-order valence-electron chi connectivity index (χ4n) is 0.922. The number of thiophene rings is 1. The van der Waals surface area contributed by atoms with Gasteiger partial charge in [-0.3, -0.25) is 0 Å². The van der Waals surface area contributed by atoms with Crippen molar-refractivity contribution in [2.45, 2.75) is 32.5 Å². The summed E-state index contributed by atoms with van der Waals surface area (Å²) in [6.07, 6.45) is 0. The van der Waals surface area contributed by atoms with Crippen molar-refractivity contribution >= 4 is 11.3 Å². The molecule has 0 aliphatic rings. The SMILES string of the molecule is Cc1ccc(C(C)(F)C(C)N)s1. The molecule has 1 nitrogen and oxygen atoms in total. The fraction of sp³-hybridized carbons (Fsp3) is 0.556. The van der Waals surface area contributed by atoms with E-state index in [4.69, 9.17) is 5.73 Å². The van der Waals surface area contributed by atoms with E-state index in [0.29, 0.717) is 0 Å². The largest absolute Gasteiger partial charge is 0.325 e. The summed E-state index contributed by atoms with van der Waals surface area (Å²) < 4.78 is 13.8. The maximum absolute atomic E-state index is 13.8. The van der Waals surface area contributed by atoms with Crippen LogP contribution in [0.15, 0.2) is 12.1 Å². The molecule has 0 amide bonds. The van der Waals surface area contributed by atoms with Gasteiger partial charge in [0.25, 0.3) is 0 Å². The van der Waals surface area contributed by atoms with Gasteiger partial charge in [-0.2, -0.15) is 0 Å². The van der Waals surface area contributed by atoms with Crippen LogP contribution < -0.4 is 5.73 Å². The van der Waals surface area contributed by atoms with E-state index in [0.717, 1.165) is 9.75 Å². The van der Waals surface area contributed by atoms with Crippen LogP contribution in [0.25, 0.3) is 0 Å². The molecule has 1 aromatic rings. The molecule has 0 spiro atoms. The van der Waals surface area contributed by atoms with E-state index < -0.39 is 11.7 Å². The Kier molecular flexibility index (Phi) is 2.54. The maximum Gasteiger partial charge on any atom is 0.156 e. The molecule has 12 heavy (non-hydrogen) atoms. The van der Waals surface area contributed by atoms with E-state index in [9.17, 15) is 4.39 Å². The smallest absolute Gasteiger partial charge is 0.156 e. The molecule has 3 heteroatoms. The van der Waals surface area contributed by atoms with Gasteiger partial charge >= 0.3 is 0 Å². The van der Waals surface area contributed by atoms with E-state index in [-0.39, 0.29) is 0 Å². The zero-order valence-electron chi connectivity index (χ0n) is 7.60. The first-order chi connectivity index (χ1) is 5.44. The van der Waals surface area contributed by atoms with Crippen LogP contribution in [0.2, 0.25) is 0 Å². The van der Waals surface area contributed by atoms with Gasteiger partial charge < -0.3 is 5.73 Å². The van der Waals surface area contributed by atoms with Crippen LogP contribution in [0.1, 0.15) is 23.6 Å². The average Bonchev–Trinajstić information content (AvgIpc) is 2.35. The third-order valence-corrected chi connectivity index (χ3v) is 3.29. The van der Waals surface area contributed by atoms with Gasteiger partial charge in [0.05, 0.1) is 0 Å². The molecule has 0 radical (unpaired) electrons. The molecule has 2 N–H and O–H groups in total. The predicted octanol–water partition coefficient (Wildman–Crippen LogP) is 2.59. The summed E-state index contributed by atoms with van der Waals surface area (Å²) in [5, 5.41) is 0. The molecule has 2 atom stereocenters. The lowest BCUT2D eigenvalue weighted by Crippen LogP contribution is -2.36. The number of aryl methyl sites for hydroxylation is 1. The van der Waals surface area contributed by atoms with Crippen LogP contribution in [0, 0.1) is 6.92 Å². The highest BCUT2D eigenvalue weighted by Crippen LogP contribution is 2.33. The summed E-state index contributed by atoms with van der Waals surface area (Å²) in [5.74, 6) is 0. The van der Waals surface area contributed by atoms with Crippen LogP contribution in [0.4, 0.5) is 4.39 Å². The second-order valence-corrected chi connectivity index (χ2v) is 4.56. The second kappa shape index (κ2) is 3.15. The summed E-state index contributed by atoms with van der Waals surface area (Å²) in [6, 6.07) is 3.26. The molecule has 68 valence electrons. The lowest BCUT2D eigenvalue weighted by molar-refractivity contribution is 0.163. The van der Waals surface area contributed by atoms with Crippen LogP contribution in [-0.4, -0.2) is 6.04 Å². The zero-order valence-corrected chi connectivity index (χ0v) is 8.41. The summed E-state index contributed by atoms with van der Waals surface area (Å²) in [7, 11) is 0. The highest BCUT2D eigenvalue weighted by Gasteiger charge is 2.31. The van der Waals surface area contributed by atoms with Crippen molar-refractivity contribution in [2.75, 3.05) is 0 Å². The number of rotatable bonds is 2. The Labute approximate surface area is 76.4 Å². The summed E-state index contributed by atoms with van der Waals surface area (Å²) >= 11 is 1.47. The van der Waals surface area contributed by atoms with Gasteiger partial charge in [0.15, 0.2) is 5.67 Å². The third kappa shape index (κ3) is 1.67. The van der Waals surface area contributed by atoms with Crippen molar-refractivity contribution in [3.8, 4) is 0 Å². The van der Waals surface area contributed by atoms with Gasteiger partial charge in [0, 0.05) is 15.8 Å². The first kappa shape index (κ1) is 9.68. The van der Waals surface area contributed by atoms with Crippen molar-refractivity contribution in [1.29, 1.82) is 0 Å². The Morgan fingerprint density at radius 1 is 1.58 bits per heavy atom. The Balaban J connectivity index is 2.97. The van der Waals surface area contributed by atoms with Crippen molar-refractivity contribution in [1.82, 2.24) is 0 Å². The minimum Gasteiger partial charge on any atom is -0.325 e. The average molecular weight is 187 g/mol. The number of alkyl halides is 1. The molecule has 0 saturated heterocycles. The van der Waals surface area contributed by atoms with Gasteiger partial charge in [0.2, 0.25) is 0 Å². The molecule has 1 heterocycles. The van der Waals surface area contributed by atoms with E-state index >= 15 is 0 Å². The van der Waals surface area contributed by atoms with Crippen LogP contribution >= 0.6 is 11.3 Å². The minimum atomic E-state index is -1.39. The Morgan fingerprint density at radius 2 is 2.17 bits per heavy atom. The molecule has 1 aromatic heterocycles. The first-order valence-corrected chi connectivity index (χ1v) is 4.77. The van der Waals surface area contributed by atoms with Gasteiger partial charge in [-0.15, -0.1) is 11.3 Å². The number of hydrogen-bond donors (Lipinski definition) is 1. The fourth-order valence-corrected chi connectivity index (χ4v) is 1.93. The molecule has 0 aliphatic carbocycles. The highest BCUT2D eigenvalue weighted by atomic mass is 32.1. The van der Waals surface area contributed by atoms with Crippen molar-refractivity contribution in [3.63, 3.8) is 0 Å². The molecule has 2 unspecified atom stereocenters. The van der Waals surface area contributed by atoms with Gasteiger partial charge in [-0.05, 0) is 32.9 Å². The summed E-state index contributed by atoms with van der Waals surface area (Å²) in [6.45, 7) is 5.18. The van der Waals surface area contributed by atoms with E-state index in [2.05, 4.69) is 0 Å². The number of halogens is 1. The molecular weight excluding hydrogens is 173 g/mol. The van der Waals surface area contributed by atoms with E-state index in [1.54, 1.807) is 6.92 Å². The Hall–Kier alpha value is -0.410. The van der Waals surface area contributed by atoms with Crippen LogP contribution in [0.5, 0.6) is 0 Å². The standard InChI is InChI=1S/C9H14FNS/c1-6-4-5-8(12-6)9(3,10)7(2)11/h4-5,7H,11H2,1-3H3. The lowest BCUT2D eigenvalue weighted by Gasteiger charge is -2.22. The van der Waals surface area contributed by atoms with Gasteiger partial charge in [0.1, 0.15) is 0 Å². The second-order valence-electron chi connectivity index (χ2n) is 3.27. The predicted molar refractivity (Wildman–Crippen MR) is 51.2 cm³/mol. The molecule has 0 aromatic carbocycles. The first-order valence-electron chi connectivity index (χ1n) is 3.96. The minimum absolute atomic E-state index is 0.462. The summed E-state index contributed by atoms with van der Waals surface area (Å²) in [4.78, 5) is 1.84. The molecule has 0 fully saturated rings. The van der Waals surface area contributed by atoms with E-state index in [1.807, 2.05) is 19.1 Å². The Morgan fingerprint density at radius 3 is 2.50 bits per heavy atom. The van der Waals surface area contributed by atoms with E-state index in [1.165, 1.54) is 18.3 Å². The van der Waals surface area contributed by atoms with Crippen molar-refractivity contribution in [2.24, 2.45) is 5.73 Å². The van der Waals surface area contributed by atoms with Gasteiger partial charge in [-0.25, -0.2) is 4.39 Å². The Bertz CT molecular complexity index is 265. The normalized spacial score (nSPS) is 18.8.